The van der Waals surface area contributed by atoms with Gasteiger partial charge in [-0.05, 0) is 48.6 Å². The number of aromatic amines is 1. The van der Waals surface area contributed by atoms with Gasteiger partial charge in [0.15, 0.2) is 6.10 Å². The summed E-state index contributed by atoms with van der Waals surface area (Å²) >= 11 is 0. The van der Waals surface area contributed by atoms with Crippen LogP contribution in [0.3, 0.4) is 0 Å². The van der Waals surface area contributed by atoms with E-state index in [1.165, 1.54) is 0 Å². The predicted molar refractivity (Wildman–Crippen MR) is 112 cm³/mol. The maximum atomic E-state index is 12.6. The van der Waals surface area contributed by atoms with E-state index < -0.39 is 6.10 Å². The summed E-state index contributed by atoms with van der Waals surface area (Å²) in [5.74, 6) is 0.426. The molecule has 0 spiro atoms. The van der Waals surface area contributed by atoms with E-state index in [2.05, 4.69) is 4.98 Å². The molecule has 0 radical (unpaired) electrons. The first kappa shape index (κ1) is 19.2. The molecule has 1 aliphatic rings. The van der Waals surface area contributed by atoms with Gasteiger partial charge in [-0.15, -0.1) is 0 Å². The summed E-state index contributed by atoms with van der Waals surface area (Å²) < 4.78 is 11.2. The van der Waals surface area contributed by atoms with Gasteiger partial charge in [-0.3, -0.25) is 9.59 Å². The molecule has 1 fully saturated rings. The maximum absolute atomic E-state index is 12.6. The number of carbonyl (C=O) groups is 1. The minimum absolute atomic E-state index is 0.0732. The quantitative estimate of drug-likeness (QED) is 0.741. The normalized spacial score (nSPS) is 15.3. The third kappa shape index (κ3) is 3.89. The number of benzene rings is 2. The monoisotopic (exact) mass is 392 g/mol. The first-order chi connectivity index (χ1) is 14.0. The number of nitrogens with one attached hydrogen (secondary N) is 1. The summed E-state index contributed by atoms with van der Waals surface area (Å²) in [7, 11) is 0. The molecule has 1 amide bonds. The molecule has 2 heterocycles. The van der Waals surface area contributed by atoms with Crippen molar-refractivity contribution in [1.29, 1.82) is 0 Å². The van der Waals surface area contributed by atoms with E-state index >= 15 is 0 Å². The number of carbonyl (C=O) groups excluding carboxylic acids is 1. The van der Waals surface area contributed by atoms with E-state index in [1.807, 2.05) is 43.3 Å². The Balaban J connectivity index is 1.64. The largest absolute Gasteiger partial charge is 0.481 e. The average Bonchev–Trinajstić information content (AvgIpc) is 2.75. The Morgan fingerprint density at radius 1 is 1.10 bits per heavy atom. The summed E-state index contributed by atoms with van der Waals surface area (Å²) in [6, 6.07) is 13.5. The average molecular weight is 392 g/mol. The van der Waals surface area contributed by atoms with Gasteiger partial charge in [0.05, 0.1) is 18.6 Å². The van der Waals surface area contributed by atoms with Gasteiger partial charge in [-0.2, -0.15) is 0 Å². The van der Waals surface area contributed by atoms with Gasteiger partial charge in [0.25, 0.3) is 11.5 Å². The first-order valence-corrected chi connectivity index (χ1v) is 9.79. The lowest BCUT2D eigenvalue weighted by molar-refractivity contribution is -0.142. The lowest BCUT2D eigenvalue weighted by atomic mass is 9.97. The fourth-order valence-corrected chi connectivity index (χ4v) is 3.71. The van der Waals surface area contributed by atoms with E-state index in [0.717, 1.165) is 22.1 Å². The topological polar surface area (TPSA) is 71.6 Å². The molecule has 1 saturated heterocycles. The molecule has 4 rings (SSSR count). The Labute approximate surface area is 169 Å². The molecule has 0 bridgehead atoms. The van der Waals surface area contributed by atoms with Gasteiger partial charge in [0.2, 0.25) is 0 Å². The Morgan fingerprint density at radius 3 is 2.62 bits per heavy atom. The zero-order chi connectivity index (χ0) is 20.4. The number of aromatic nitrogens is 1. The summed E-state index contributed by atoms with van der Waals surface area (Å²) in [6.07, 6.45) is 1.11. The zero-order valence-corrected chi connectivity index (χ0v) is 16.6. The molecule has 0 saturated carbocycles. The van der Waals surface area contributed by atoms with Gasteiger partial charge in [-0.1, -0.05) is 24.3 Å². The second kappa shape index (κ2) is 8.09. The fraction of sp³-hybridized carbons (Fsp3) is 0.304. The SMILES string of the molecule is Cc1ccccc1-c1c[nH]c(=O)c2cc(OC(C)C(=O)N3CCOCC3)ccc12. The van der Waals surface area contributed by atoms with E-state index in [9.17, 15) is 9.59 Å². The van der Waals surface area contributed by atoms with Crippen LogP contribution >= 0.6 is 0 Å². The summed E-state index contributed by atoms with van der Waals surface area (Å²) in [6.45, 7) is 6.02. The van der Waals surface area contributed by atoms with E-state index in [1.54, 1.807) is 24.1 Å². The lowest BCUT2D eigenvalue weighted by Crippen LogP contribution is -2.46. The Bertz CT molecular complexity index is 1100. The Morgan fingerprint density at radius 2 is 1.86 bits per heavy atom. The van der Waals surface area contributed by atoms with Crippen molar-refractivity contribution in [2.75, 3.05) is 26.3 Å². The van der Waals surface area contributed by atoms with Crippen LogP contribution in [0.15, 0.2) is 53.5 Å². The van der Waals surface area contributed by atoms with E-state index in [-0.39, 0.29) is 11.5 Å². The number of amides is 1. The molecule has 150 valence electrons. The number of morpholine rings is 1. The number of H-pyrrole nitrogens is 1. The Kier molecular flexibility index (Phi) is 5.36. The van der Waals surface area contributed by atoms with Crippen molar-refractivity contribution in [2.45, 2.75) is 20.0 Å². The highest BCUT2D eigenvalue weighted by molar-refractivity contribution is 5.97. The second-order valence-corrected chi connectivity index (χ2v) is 7.25. The van der Waals surface area contributed by atoms with Crippen LogP contribution < -0.4 is 10.3 Å². The predicted octanol–water partition coefficient (Wildman–Crippen LogP) is 3.13. The molecule has 2 aromatic carbocycles. The summed E-state index contributed by atoms with van der Waals surface area (Å²) in [4.78, 5) is 29.6. The van der Waals surface area contributed by atoms with Crippen molar-refractivity contribution in [2.24, 2.45) is 0 Å². The van der Waals surface area contributed by atoms with Crippen LogP contribution in [-0.2, 0) is 9.53 Å². The molecule has 29 heavy (non-hydrogen) atoms. The summed E-state index contributed by atoms with van der Waals surface area (Å²) in [5, 5.41) is 1.39. The van der Waals surface area contributed by atoms with Gasteiger partial charge < -0.3 is 19.4 Å². The van der Waals surface area contributed by atoms with Crippen molar-refractivity contribution < 1.29 is 14.3 Å². The molecule has 1 N–H and O–H groups in total. The second-order valence-electron chi connectivity index (χ2n) is 7.25. The molecule has 3 aromatic rings. The first-order valence-electron chi connectivity index (χ1n) is 9.79. The molecule has 1 aromatic heterocycles. The Hall–Kier alpha value is -3.12. The van der Waals surface area contributed by atoms with Crippen LogP contribution in [-0.4, -0.2) is 48.2 Å². The van der Waals surface area contributed by atoms with Crippen LogP contribution in [0.4, 0.5) is 0 Å². The number of nitrogens with zero attached hydrogens (tertiary/aromatic N) is 1. The van der Waals surface area contributed by atoms with Crippen LogP contribution in [0.2, 0.25) is 0 Å². The maximum Gasteiger partial charge on any atom is 0.263 e. The highest BCUT2D eigenvalue weighted by Crippen LogP contribution is 2.30. The lowest BCUT2D eigenvalue weighted by Gasteiger charge is -2.29. The van der Waals surface area contributed by atoms with Gasteiger partial charge in [0, 0.05) is 24.8 Å². The van der Waals surface area contributed by atoms with Gasteiger partial charge in [-0.25, -0.2) is 0 Å². The smallest absolute Gasteiger partial charge is 0.263 e. The van der Waals surface area contributed by atoms with Crippen LogP contribution in [0.5, 0.6) is 5.75 Å². The molecule has 1 aliphatic heterocycles. The van der Waals surface area contributed by atoms with Crippen LogP contribution in [0, 0.1) is 6.92 Å². The van der Waals surface area contributed by atoms with Crippen molar-refractivity contribution in [3.63, 3.8) is 0 Å². The zero-order valence-electron chi connectivity index (χ0n) is 16.6. The van der Waals surface area contributed by atoms with Crippen molar-refractivity contribution in [3.8, 4) is 16.9 Å². The summed E-state index contributed by atoms with van der Waals surface area (Å²) in [5.41, 5.74) is 2.97. The number of rotatable bonds is 4. The van der Waals surface area contributed by atoms with Crippen LogP contribution in [0.1, 0.15) is 12.5 Å². The van der Waals surface area contributed by atoms with E-state index in [4.69, 9.17) is 9.47 Å². The molecular formula is C23H24N2O4. The minimum atomic E-state index is -0.635. The highest BCUT2D eigenvalue weighted by Gasteiger charge is 2.24. The number of aryl methyl sites for hydroxylation is 1. The molecule has 0 aliphatic carbocycles. The van der Waals surface area contributed by atoms with Gasteiger partial charge >= 0.3 is 0 Å². The number of pyridine rings is 1. The molecular weight excluding hydrogens is 368 g/mol. The highest BCUT2D eigenvalue weighted by atomic mass is 16.5. The third-order valence-electron chi connectivity index (χ3n) is 5.29. The number of ether oxygens (including phenoxy) is 2. The number of fused-ring (bicyclic) bond motifs is 1. The molecule has 6 heteroatoms. The van der Waals surface area contributed by atoms with E-state index in [0.29, 0.717) is 37.4 Å². The number of hydrogen-bond acceptors (Lipinski definition) is 4. The number of hydrogen-bond donors (Lipinski definition) is 1. The van der Waals surface area contributed by atoms with Crippen LogP contribution in [0.25, 0.3) is 21.9 Å². The third-order valence-corrected chi connectivity index (χ3v) is 5.29. The standard InChI is InChI=1S/C23H24N2O4/c1-15-5-3-4-6-18(15)21-14-24-22(26)20-13-17(7-8-19(20)21)29-16(2)23(27)25-9-11-28-12-10-25/h3-8,13-14,16H,9-12H2,1-2H3,(H,24,26). The molecule has 1 unspecified atom stereocenters. The molecule has 1 atom stereocenters. The van der Waals surface area contributed by atoms with Crippen molar-refractivity contribution in [1.82, 2.24) is 9.88 Å². The van der Waals surface area contributed by atoms with Crippen molar-refractivity contribution >= 4 is 16.7 Å². The van der Waals surface area contributed by atoms with Gasteiger partial charge in [0.1, 0.15) is 5.75 Å². The molecule has 6 nitrogen and oxygen atoms in total. The van der Waals surface area contributed by atoms with Crippen molar-refractivity contribution in [3.05, 3.63) is 64.6 Å². The fourth-order valence-electron chi connectivity index (χ4n) is 3.71. The minimum Gasteiger partial charge on any atom is -0.481 e.